The van der Waals surface area contributed by atoms with Gasteiger partial charge in [-0.15, -0.1) is 11.8 Å². The van der Waals surface area contributed by atoms with Crippen LogP contribution < -0.4 is 0 Å². The Morgan fingerprint density at radius 3 is 1.70 bits per heavy atom. The molecule has 0 radical (unpaired) electrons. The molecule has 0 amide bonds. The minimum atomic E-state index is -1.10. The highest BCUT2D eigenvalue weighted by atomic mass is 32.2. The van der Waals surface area contributed by atoms with Gasteiger partial charge >= 0.3 is 5.97 Å². The fourth-order valence-electron chi connectivity index (χ4n) is 3.24. The number of thioether (sulfide) groups is 1. The van der Waals surface area contributed by atoms with E-state index < -0.39 is 10.7 Å². The quantitative estimate of drug-likeness (QED) is 0.159. The van der Waals surface area contributed by atoms with Crippen LogP contribution in [0.15, 0.2) is 109 Å². The second kappa shape index (κ2) is 10.5. The Bertz CT molecular complexity index is 892. The molecule has 3 rings (SSSR count). The molecule has 5 heteroatoms. The number of nitrogens with zero attached hydrogens (tertiary/aromatic N) is 1. The molecule has 0 atom stereocenters. The summed E-state index contributed by atoms with van der Waals surface area (Å²) in [4.78, 5) is 16.8. The van der Waals surface area contributed by atoms with Crippen molar-refractivity contribution >= 4 is 23.4 Å². The van der Waals surface area contributed by atoms with Crippen LogP contribution in [0.25, 0.3) is 0 Å². The molecular weight excluding hydrogens is 394 g/mol. The molecule has 0 saturated heterocycles. The van der Waals surface area contributed by atoms with E-state index >= 15 is 0 Å². The van der Waals surface area contributed by atoms with Gasteiger partial charge in [0.2, 0.25) is 0 Å². The number of carbonyl (C=O) groups is 1. The van der Waals surface area contributed by atoms with Crippen LogP contribution in [0.2, 0.25) is 0 Å². The third kappa shape index (κ3) is 4.81. The van der Waals surface area contributed by atoms with Crippen LogP contribution in [-0.2, 0) is 14.4 Å². The highest BCUT2D eigenvalue weighted by molar-refractivity contribution is 8.01. The number of aliphatic carboxylic acids is 1. The molecule has 0 bridgehead atoms. The molecule has 0 aliphatic carbocycles. The average molecular weight is 418 g/mol. The number of rotatable bonds is 10. The van der Waals surface area contributed by atoms with E-state index in [1.807, 2.05) is 54.6 Å². The smallest absolute Gasteiger partial charge is 0.354 e. The molecule has 0 aromatic heterocycles. The Hall–Kier alpha value is -3.31. The van der Waals surface area contributed by atoms with Crippen molar-refractivity contribution in [1.82, 2.24) is 0 Å². The Balaban J connectivity index is 2.12. The Labute approximate surface area is 180 Å². The van der Waals surface area contributed by atoms with E-state index in [1.165, 1.54) is 17.8 Å². The normalized spacial score (nSPS) is 11.7. The molecule has 0 spiro atoms. The number of carboxylic acid groups (broad SMARTS) is 1. The second-order valence-electron chi connectivity index (χ2n) is 6.50. The first-order valence-corrected chi connectivity index (χ1v) is 10.5. The zero-order valence-electron chi connectivity index (χ0n) is 16.5. The van der Waals surface area contributed by atoms with Crippen LogP contribution in [0.3, 0.4) is 0 Å². The Morgan fingerprint density at radius 1 is 0.900 bits per heavy atom. The number of hydrogen-bond acceptors (Lipinski definition) is 4. The molecule has 4 nitrogen and oxygen atoms in total. The number of hydrogen-bond donors (Lipinski definition) is 1. The highest BCUT2D eigenvalue weighted by Gasteiger charge is 2.37. The largest absolute Gasteiger partial charge is 0.477 e. The van der Waals surface area contributed by atoms with Gasteiger partial charge in [0.05, 0.1) is 4.75 Å². The average Bonchev–Trinajstić information content (AvgIpc) is 2.80. The summed E-state index contributed by atoms with van der Waals surface area (Å²) in [6.07, 6.45) is 1.53. The van der Waals surface area contributed by atoms with Crippen LogP contribution in [0, 0.1) is 0 Å². The Morgan fingerprint density at radius 2 is 1.33 bits per heavy atom. The van der Waals surface area contributed by atoms with Crippen molar-refractivity contribution in [2.75, 3.05) is 12.4 Å². The predicted molar refractivity (Wildman–Crippen MR) is 123 cm³/mol. The minimum Gasteiger partial charge on any atom is -0.477 e. The lowest BCUT2D eigenvalue weighted by atomic mass is 9.84. The summed E-state index contributed by atoms with van der Waals surface area (Å²) in [5.74, 6) is -0.944. The van der Waals surface area contributed by atoms with Crippen molar-refractivity contribution < 1.29 is 14.7 Å². The number of carboxylic acids is 1. The summed E-state index contributed by atoms with van der Waals surface area (Å²) in [5, 5.41) is 13.5. The minimum absolute atomic E-state index is 0.0472. The van der Waals surface area contributed by atoms with E-state index in [-0.39, 0.29) is 18.1 Å². The molecule has 0 unspecified atom stereocenters. The van der Waals surface area contributed by atoms with Gasteiger partial charge in [-0.1, -0.05) is 109 Å². The van der Waals surface area contributed by atoms with E-state index in [9.17, 15) is 9.90 Å². The molecule has 0 fully saturated rings. The van der Waals surface area contributed by atoms with Gasteiger partial charge in [0, 0.05) is 5.75 Å². The fraction of sp³-hybridized carbons (Fsp3) is 0.120. The molecule has 1 N–H and O–H groups in total. The third-order valence-electron chi connectivity index (χ3n) is 4.58. The lowest BCUT2D eigenvalue weighted by molar-refractivity contribution is -0.129. The second-order valence-corrected chi connectivity index (χ2v) is 7.69. The van der Waals surface area contributed by atoms with Crippen LogP contribution in [0.5, 0.6) is 0 Å². The van der Waals surface area contributed by atoms with Crippen LogP contribution >= 0.6 is 11.8 Å². The van der Waals surface area contributed by atoms with Gasteiger partial charge < -0.3 is 9.94 Å². The van der Waals surface area contributed by atoms with Crippen molar-refractivity contribution in [2.45, 2.75) is 4.75 Å². The summed E-state index contributed by atoms with van der Waals surface area (Å²) in [6, 6.07) is 30.3. The molecule has 0 aliphatic rings. The van der Waals surface area contributed by atoms with Crippen LogP contribution in [0.1, 0.15) is 16.7 Å². The van der Waals surface area contributed by atoms with Gasteiger partial charge in [-0.3, -0.25) is 0 Å². The van der Waals surface area contributed by atoms with E-state index in [1.54, 1.807) is 0 Å². The van der Waals surface area contributed by atoms with Gasteiger partial charge in [-0.25, -0.2) is 4.79 Å². The van der Waals surface area contributed by atoms with Gasteiger partial charge in [-0.2, -0.15) is 0 Å². The van der Waals surface area contributed by atoms with E-state index in [0.717, 1.165) is 16.7 Å². The molecule has 3 aromatic rings. The monoisotopic (exact) mass is 417 g/mol. The standard InChI is InChI=1S/C25H23NO3S/c1-2-18-29-26-23(24(27)28)19-30-25(20-12-6-3-7-13-20,21-14-8-4-9-15-21)22-16-10-5-11-17-22/h2-17H,1,18-19H2,(H,27,28)/b26-23+. The molecule has 30 heavy (non-hydrogen) atoms. The zero-order chi connectivity index (χ0) is 21.2. The molecule has 0 heterocycles. The summed E-state index contributed by atoms with van der Waals surface area (Å²) < 4.78 is -0.613. The SMILES string of the molecule is C=CCO/N=C(\CSC(c1ccccc1)(c1ccccc1)c1ccccc1)C(=O)O. The lowest BCUT2D eigenvalue weighted by Gasteiger charge is -2.35. The van der Waals surface area contributed by atoms with E-state index in [4.69, 9.17) is 4.84 Å². The van der Waals surface area contributed by atoms with Crippen LogP contribution in [0.4, 0.5) is 0 Å². The van der Waals surface area contributed by atoms with E-state index in [2.05, 4.69) is 48.1 Å². The first-order valence-electron chi connectivity index (χ1n) is 9.52. The Kier molecular flexibility index (Phi) is 7.46. The summed E-state index contributed by atoms with van der Waals surface area (Å²) in [5.41, 5.74) is 3.13. The van der Waals surface area contributed by atoms with Gasteiger partial charge in [0.25, 0.3) is 0 Å². The zero-order valence-corrected chi connectivity index (χ0v) is 17.3. The maximum atomic E-state index is 11.8. The summed E-state index contributed by atoms with van der Waals surface area (Å²) in [6.45, 7) is 3.72. The van der Waals surface area contributed by atoms with Gasteiger partial charge in [-0.05, 0) is 16.7 Å². The highest BCUT2D eigenvalue weighted by Crippen LogP contribution is 2.48. The third-order valence-corrected chi connectivity index (χ3v) is 6.14. The maximum absolute atomic E-state index is 11.8. The molecule has 0 saturated carbocycles. The number of oxime groups is 1. The topological polar surface area (TPSA) is 58.9 Å². The summed E-state index contributed by atoms with van der Waals surface area (Å²) >= 11 is 1.51. The first kappa shape index (κ1) is 21.4. The summed E-state index contributed by atoms with van der Waals surface area (Å²) in [7, 11) is 0. The maximum Gasteiger partial charge on any atom is 0.354 e. The number of benzene rings is 3. The molecule has 0 aliphatic heterocycles. The lowest BCUT2D eigenvalue weighted by Crippen LogP contribution is -2.28. The van der Waals surface area contributed by atoms with Crippen LogP contribution in [-0.4, -0.2) is 29.1 Å². The van der Waals surface area contributed by atoms with Gasteiger partial charge in [0.15, 0.2) is 5.71 Å². The van der Waals surface area contributed by atoms with Gasteiger partial charge in [0.1, 0.15) is 6.61 Å². The first-order chi connectivity index (χ1) is 14.7. The van der Waals surface area contributed by atoms with Crippen molar-refractivity contribution in [3.8, 4) is 0 Å². The van der Waals surface area contributed by atoms with Crippen molar-refractivity contribution in [1.29, 1.82) is 0 Å². The molecule has 152 valence electrons. The molecule has 3 aromatic carbocycles. The van der Waals surface area contributed by atoms with E-state index in [0.29, 0.717) is 0 Å². The predicted octanol–water partition coefficient (Wildman–Crippen LogP) is 5.35. The van der Waals surface area contributed by atoms with Crippen molar-refractivity contribution in [3.05, 3.63) is 120 Å². The molecular formula is C25H23NO3S. The van der Waals surface area contributed by atoms with Crippen molar-refractivity contribution in [2.24, 2.45) is 5.16 Å². The fourth-order valence-corrected chi connectivity index (χ4v) is 4.68. The van der Waals surface area contributed by atoms with Crippen molar-refractivity contribution in [3.63, 3.8) is 0 Å².